The van der Waals surface area contributed by atoms with Gasteiger partial charge in [0.1, 0.15) is 18.1 Å². The van der Waals surface area contributed by atoms with Crippen LogP contribution in [0.5, 0.6) is 0 Å². The Hall–Kier alpha value is -4.73. The Morgan fingerprint density at radius 1 is 1.03 bits per heavy atom. The van der Waals surface area contributed by atoms with E-state index >= 15 is 0 Å². The van der Waals surface area contributed by atoms with Crippen LogP contribution in [0.4, 0.5) is 14.9 Å². The van der Waals surface area contributed by atoms with Crippen molar-refractivity contribution >= 4 is 35.6 Å². The van der Waals surface area contributed by atoms with E-state index in [1.807, 2.05) is 0 Å². The van der Waals surface area contributed by atoms with Crippen molar-refractivity contribution in [1.29, 1.82) is 0 Å². The summed E-state index contributed by atoms with van der Waals surface area (Å²) in [5, 5.41) is 14.0. The maximum atomic E-state index is 13.0. The van der Waals surface area contributed by atoms with Crippen LogP contribution in [-0.2, 0) is 9.59 Å². The van der Waals surface area contributed by atoms with Crippen molar-refractivity contribution in [3.05, 3.63) is 89.6 Å². The van der Waals surface area contributed by atoms with Crippen molar-refractivity contribution < 1.29 is 28.7 Å². The molecule has 3 N–H and O–H groups in total. The van der Waals surface area contributed by atoms with Crippen LogP contribution < -0.4 is 10.6 Å². The van der Waals surface area contributed by atoms with E-state index in [1.54, 1.807) is 35.0 Å². The van der Waals surface area contributed by atoms with E-state index in [0.29, 0.717) is 17.1 Å². The van der Waals surface area contributed by atoms with Crippen LogP contribution in [0.3, 0.4) is 0 Å². The molecule has 0 spiro atoms. The molecule has 1 aliphatic rings. The van der Waals surface area contributed by atoms with Gasteiger partial charge in [-0.05, 0) is 66.7 Å². The number of urea groups is 1. The quantitative estimate of drug-likeness (QED) is 0.396. The number of carbonyl (C=O) groups is 4. The number of hydrogen-bond donors (Lipinski definition) is 3. The van der Waals surface area contributed by atoms with Crippen molar-refractivity contribution in [2.45, 2.75) is 0 Å². The summed E-state index contributed by atoms with van der Waals surface area (Å²) in [5.41, 5.74) is 1.66. The van der Waals surface area contributed by atoms with E-state index in [9.17, 15) is 23.6 Å². The third kappa shape index (κ3) is 4.64. The predicted octanol–water partition coefficient (Wildman–Crippen LogP) is 2.85. The van der Waals surface area contributed by atoms with Gasteiger partial charge < -0.3 is 20.3 Å². The minimum atomic E-state index is -1.04. The zero-order chi connectivity index (χ0) is 23.5. The van der Waals surface area contributed by atoms with E-state index in [-0.39, 0.29) is 11.3 Å². The number of imide groups is 1. The maximum absolute atomic E-state index is 13.0. The van der Waals surface area contributed by atoms with Gasteiger partial charge >= 0.3 is 12.0 Å². The highest BCUT2D eigenvalue weighted by molar-refractivity contribution is 6.15. The first-order valence-electron chi connectivity index (χ1n) is 9.73. The molecular weight excluding hydrogens is 431 g/mol. The summed E-state index contributed by atoms with van der Waals surface area (Å²) in [6, 6.07) is 13.9. The summed E-state index contributed by atoms with van der Waals surface area (Å²) >= 11 is 0. The molecule has 4 amide bonds. The molecule has 4 rings (SSSR count). The van der Waals surface area contributed by atoms with Crippen LogP contribution in [0.1, 0.15) is 16.1 Å². The topological polar surface area (TPSA) is 121 Å². The number of carboxylic acid groups (broad SMARTS) is 1. The summed E-state index contributed by atoms with van der Waals surface area (Å²) in [5.74, 6) is -2.80. The fraction of sp³-hybridized carbons (Fsp3) is 0.0435. The number of carboxylic acids is 1. The van der Waals surface area contributed by atoms with E-state index in [2.05, 4.69) is 10.6 Å². The number of carbonyl (C=O) groups excluding carboxylic acids is 3. The predicted molar refractivity (Wildman–Crippen MR) is 116 cm³/mol. The Kier molecular flexibility index (Phi) is 5.73. The van der Waals surface area contributed by atoms with E-state index in [4.69, 9.17) is 5.11 Å². The second kappa shape index (κ2) is 8.79. The smallest absolute Gasteiger partial charge is 0.335 e. The molecule has 1 aromatic heterocycles. The highest BCUT2D eigenvalue weighted by Crippen LogP contribution is 2.19. The number of aromatic nitrogens is 1. The number of aromatic carboxylic acids is 1. The molecule has 166 valence electrons. The van der Waals surface area contributed by atoms with E-state index in [1.165, 1.54) is 42.5 Å². The molecule has 1 saturated heterocycles. The van der Waals surface area contributed by atoms with Gasteiger partial charge in [0.25, 0.3) is 5.91 Å². The van der Waals surface area contributed by atoms with Gasteiger partial charge in [0.2, 0.25) is 5.91 Å². The average Bonchev–Trinajstić information content (AvgIpc) is 3.35. The Bertz CT molecular complexity index is 1280. The first kappa shape index (κ1) is 21.5. The molecule has 33 heavy (non-hydrogen) atoms. The molecule has 2 aromatic carbocycles. The lowest BCUT2D eigenvalue weighted by atomic mass is 10.2. The van der Waals surface area contributed by atoms with Crippen molar-refractivity contribution in [3.8, 4) is 5.69 Å². The lowest BCUT2D eigenvalue weighted by Gasteiger charge is -2.12. The van der Waals surface area contributed by atoms with Crippen LogP contribution in [0.2, 0.25) is 0 Å². The Labute approximate surface area is 186 Å². The first-order chi connectivity index (χ1) is 15.8. The summed E-state index contributed by atoms with van der Waals surface area (Å²) < 4.78 is 14.7. The molecule has 9 nitrogen and oxygen atoms in total. The third-order valence-electron chi connectivity index (χ3n) is 4.86. The fourth-order valence-corrected chi connectivity index (χ4v) is 3.25. The van der Waals surface area contributed by atoms with Crippen molar-refractivity contribution in [3.63, 3.8) is 0 Å². The van der Waals surface area contributed by atoms with Crippen LogP contribution in [0.15, 0.2) is 72.6 Å². The highest BCUT2D eigenvalue weighted by Gasteiger charge is 2.35. The number of rotatable bonds is 6. The van der Waals surface area contributed by atoms with Gasteiger partial charge in [0.15, 0.2) is 0 Å². The molecule has 1 aliphatic heterocycles. The van der Waals surface area contributed by atoms with Crippen molar-refractivity contribution in [2.75, 3.05) is 11.9 Å². The molecule has 0 radical (unpaired) electrons. The molecule has 3 aromatic rings. The number of nitrogens with one attached hydrogen (secondary N) is 2. The molecule has 0 atom stereocenters. The van der Waals surface area contributed by atoms with Crippen LogP contribution in [-0.4, -0.2) is 44.9 Å². The first-order valence-corrected chi connectivity index (χ1v) is 9.73. The second-order valence-electron chi connectivity index (χ2n) is 7.09. The molecular formula is C23H17FN4O5. The molecule has 10 heteroatoms. The van der Waals surface area contributed by atoms with Crippen LogP contribution in [0, 0.1) is 5.82 Å². The Morgan fingerprint density at radius 3 is 2.39 bits per heavy atom. The zero-order valence-corrected chi connectivity index (χ0v) is 17.0. The van der Waals surface area contributed by atoms with Gasteiger partial charge in [-0.2, -0.15) is 0 Å². The minimum absolute atomic E-state index is 0.0170. The summed E-state index contributed by atoms with van der Waals surface area (Å²) in [6.07, 6.45) is 3.18. The Balaban J connectivity index is 1.49. The third-order valence-corrected chi connectivity index (χ3v) is 4.86. The van der Waals surface area contributed by atoms with Gasteiger partial charge in [0.05, 0.1) is 5.56 Å². The van der Waals surface area contributed by atoms with Crippen LogP contribution in [0.25, 0.3) is 11.8 Å². The molecule has 0 aliphatic carbocycles. The second-order valence-corrected chi connectivity index (χ2v) is 7.09. The zero-order valence-electron chi connectivity index (χ0n) is 17.0. The van der Waals surface area contributed by atoms with E-state index < -0.39 is 36.2 Å². The van der Waals surface area contributed by atoms with Gasteiger partial charge in [-0.25, -0.2) is 18.9 Å². The minimum Gasteiger partial charge on any atom is -0.478 e. The number of benzene rings is 2. The molecule has 0 saturated carbocycles. The average molecular weight is 448 g/mol. The SMILES string of the molecule is O=C(CN1C(=O)N/C(=C\c2cccn2-c2ccc(C(=O)O)cc2)C1=O)Nc1ccc(F)cc1. The van der Waals surface area contributed by atoms with Crippen molar-refractivity contribution in [2.24, 2.45) is 0 Å². The number of nitrogens with zero attached hydrogens (tertiary/aromatic N) is 2. The number of amides is 4. The van der Waals surface area contributed by atoms with Crippen molar-refractivity contribution in [1.82, 2.24) is 14.8 Å². The fourth-order valence-electron chi connectivity index (χ4n) is 3.25. The van der Waals surface area contributed by atoms with Gasteiger partial charge in [-0.3, -0.25) is 9.59 Å². The summed E-state index contributed by atoms with van der Waals surface area (Å²) in [4.78, 5) is 49.0. The molecule has 0 unspecified atom stereocenters. The number of halogens is 1. The van der Waals surface area contributed by atoms with Gasteiger partial charge in [0, 0.05) is 23.3 Å². The largest absolute Gasteiger partial charge is 0.478 e. The van der Waals surface area contributed by atoms with Crippen LogP contribution >= 0.6 is 0 Å². The molecule has 0 bridgehead atoms. The molecule has 1 fully saturated rings. The number of hydrogen-bond acceptors (Lipinski definition) is 4. The van der Waals surface area contributed by atoms with Gasteiger partial charge in [-0.15, -0.1) is 0 Å². The monoisotopic (exact) mass is 448 g/mol. The lowest BCUT2D eigenvalue weighted by Crippen LogP contribution is -2.38. The standard InChI is InChI=1S/C23H17FN4O5/c24-15-5-7-16(8-6-15)25-20(29)13-28-21(30)19(26-23(28)33)12-18-2-1-11-27(18)17-9-3-14(4-10-17)22(31)32/h1-12H,13H2,(H,25,29)(H,26,33)(H,31,32)/b19-12-. The summed E-state index contributed by atoms with van der Waals surface area (Å²) in [6.45, 7) is -0.517. The lowest BCUT2D eigenvalue weighted by molar-refractivity contribution is -0.127. The van der Waals surface area contributed by atoms with Gasteiger partial charge in [-0.1, -0.05) is 0 Å². The molecule has 2 heterocycles. The normalized spacial score (nSPS) is 14.5. The summed E-state index contributed by atoms with van der Waals surface area (Å²) in [7, 11) is 0. The maximum Gasteiger partial charge on any atom is 0.335 e. The van der Waals surface area contributed by atoms with E-state index in [0.717, 1.165) is 4.90 Å². The Morgan fingerprint density at radius 2 is 1.73 bits per heavy atom. The highest BCUT2D eigenvalue weighted by atomic mass is 19.1. The number of anilines is 1.